The summed E-state index contributed by atoms with van der Waals surface area (Å²) in [5, 5.41) is 1.97. The monoisotopic (exact) mass is 375 g/mol. The van der Waals surface area contributed by atoms with Crippen molar-refractivity contribution in [1.82, 2.24) is 10.9 Å². The van der Waals surface area contributed by atoms with Gasteiger partial charge >= 0.3 is 6.03 Å². The molecule has 5 nitrogen and oxygen atoms in total. The zero-order valence-corrected chi connectivity index (χ0v) is 12.6. The number of benzene rings is 1. The Labute approximate surface area is 130 Å². The smallest absolute Gasteiger partial charge is 0.301 e. The maximum atomic E-state index is 13.3. The van der Waals surface area contributed by atoms with Gasteiger partial charge in [-0.05, 0) is 40.2 Å². The van der Waals surface area contributed by atoms with E-state index in [0.717, 1.165) is 15.9 Å². The van der Waals surface area contributed by atoms with Crippen LogP contribution in [0.1, 0.15) is 9.67 Å². The highest BCUT2D eigenvalue weighted by Crippen LogP contribution is 2.21. The Morgan fingerprint density at radius 1 is 1.05 bits per heavy atom. The fraction of sp³-hybridized carbons (Fsp3) is 0. The summed E-state index contributed by atoms with van der Waals surface area (Å²) >= 11 is 4.37. The summed E-state index contributed by atoms with van der Waals surface area (Å²) in [6, 6.07) is 5.43. The summed E-state index contributed by atoms with van der Waals surface area (Å²) in [4.78, 5) is 23.5. The van der Waals surface area contributed by atoms with Crippen LogP contribution in [0.15, 0.2) is 34.1 Å². The second-order valence-electron chi connectivity index (χ2n) is 3.73. The van der Waals surface area contributed by atoms with Gasteiger partial charge in [-0.15, -0.1) is 11.3 Å². The molecule has 0 unspecified atom stereocenters. The third-order valence-electron chi connectivity index (χ3n) is 2.29. The van der Waals surface area contributed by atoms with E-state index >= 15 is 0 Å². The fourth-order valence-corrected chi connectivity index (χ4v) is 2.65. The Morgan fingerprint density at radius 3 is 2.29 bits per heavy atom. The molecular formula is C12H8BrF2N3O2S. The van der Waals surface area contributed by atoms with Gasteiger partial charge in [-0.2, -0.15) is 0 Å². The quantitative estimate of drug-likeness (QED) is 0.705. The van der Waals surface area contributed by atoms with E-state index in [2.05, 4.69) is 21.4 Å². The lowest BCUT2D eigenvalue weighted by Crippen LogP contribution is -2.43. The Bertz CT molecular complexity index is 673. The van der Waals surface area contributed by atoms with Gasteiger partial charge in [0, 0.05) is 0 Å². The topological polar surface area (TPSA) is 70.2 Å². The average molecular weight is 376 g/mol. The predicted octanol–water partition coefficient (Wildman–Crippen LogP) is 3.26. The number of para-hydroxylation sites is 1. The number of carbonyl (C=O) groups excluding carboxylic acids is 2. The molecule has 0 fully saturated rings. The summed E-state index contributed by atoms with van der Waals surface area (Å²) in [6.07, 6.45) is 0. The van der Waals surface area contributed by atoms with Crippen LogP contribution in [-0.2, 0) is 0 Å². The van der Waals surface area contributed by atoms with Crippen molar-refractivity contribution in [1.29, 1.82) is 0 Å². The van der Waals surface area contributed by atoms with Gasteiger partial charge in [0.05, 0.1) is 8.66 Å². The number of anilines is 1. The van der Waals surface area contributed by atoms with Crippen LogP contribution < -0.4 is 16.2 Å². The van der Waals surface area contributed by atoms with E-state index in [1.807, 2.05) is 10.7 Å². The number of hydrazine groups is 1. The molecule has 1 aromatic heterocycles. The van der Waals surface area contributed by atoms with Crippen molar-refractivity contribution < 1.29 is 18.4 Å². The predicted molar refractivity (Wildman–Crippen MR) is 78.0 cm³/mol. The second-order valence-corrected chi connectivity index (χ2v) is 6.20. The number of urea groups is 1. The molecule has 21 heavy (non-hydrogen) atoms. The van der Waals surface area contributed by atoms with E-state index in [-0.39, 0.29) is 0 Å². The molecule has 0 saturated carbocycles. The van der Waals surface area contributed by atoms with Gasteiger partial charge < -0.3 is 5.32 Å². The van der Waals surface area contributed by atoms with Crippen molar-refractivity contribution in [2.45, 2.75) is 0 Å². The first kappa shape index (κ1) is 15.4. The zero-order chi connectivity index (χ0) is 15.4. The summed E-state index contributed by atoms with van der Waals surface area (Å²) in [6.45, 7) is 0. The first-order valence-corrected chi connectivity index (χ1v) is 7.15. The molecule has 0 radical (unpaired) electrons. The average Bonchev–Trinajstić information content (AvgIpc) is 2.87. The van der Waals surface area contributed by atoms with Gasteiger partial charge in [0.15, 0.2) is 0 Å². The Kier molecular flexibility index (Phi) is 4.86. The van der Waals surface area contributed by atoms with Crippen molar-refractivity contribution >= 4 is 44.9 Å². The lowest BCUT2D eigenvalue weighted by atomic mass is 10.3. The van der Waals surface area contributed by atoms with E-state index in [0.29, 0.717) is 4.88 Å². The standard InChI is InChI=1S/C12H8BrF2N3O2S/c13-9-5-4-8(21-9)11(19)17-18-12(20)16-10-6(14)2-1-3-7(10)15/h1-5H,(H,17,19)(H2,16,18,20). The third-order valence-corrected chi connectivity index (χ3v) is 3.91. The highest BCUT2D eigenvalue weighted by atomic mass is 79.9. The molecule has 0 aliphatic heterocycles. The fourth-order valence-electron chi connectivity index (χ4n) is 1.37. The van der Waals surface area contributed by atoms with Crippen LogP contribution in [0.3, 0.4) is 0 Å². The van der Waals surface area contributed by atoms with Gasteiger partial charge in [0.1, 0.15) is 17.3 Å². The molecule has 3 N–H and O–H groups in total. The Morgan fingerprint density at radius 2 is 1.71 bits per heavy atom. The molecular weight excluding hydrogens is 368 g/mol. The van der Waals surface area contributed by atoms with Crippen LogP contribution in [0.5, 0.6) is 0 Å². The van der Waals surface area contributed by atoms with Crippen molar-refractivity contribution in [3.8, 4) is 0 Å². The van der Waals surface area contributed by atoms with E-state index in [9.17, 15) is 18.4 Å². The first-order valence-electron chi connectivity index (χ1n) is 5.54. The zero-order valence-electron chi connectivity index (χ0n) is 10.2. The van der Waals surface area contributed by atoms with Crippen LogP contribution in [-0.4, -0.2) is 11.9 Å². The molecule has 0 saturated heterocycles. The SMILES string of the molecule is O=C(NNC(=O)c1ccc(Br)s1)Nc1c(F)cccc1F. The molecule has 0 aliphatic carbocycles. The van der Waals surface area contributed by atoms with Crippen molar-refractivity contribution in [3.63, 3.8) is 0 Å². The summed E-state index contributed by atoms with van der Waals surface area (Å²) in [5.74, 6) is -2.38. The molecule has 0 bridgehead atoms. The number of thiophene rings is 1. The van der Waals surface area contributed by atoms with Crippen LogP contribution >= 0.6 is 27.3 Å². The molecule has 110 valence electrons. The van der Waals surface area contributed by atoms with Crippen LogP contribution in [0.25, 0.3) is 0 Å². The van der Waals surface area contributed by atoms with Crippen molar-refractivity contribution in [2.24, 2.45) is 0 Å². The van der Waals surface area contributed by atoms with Crippen LogP contribution in [0, 0.1) is 11.6 Å². The molecule has 1 aromatic carbocycles. The number of carbonyl (C=O) groups is 2. The number of halogens is 3. The maximum Gasteiger partial charge on any atom is 0.338 e. The Hall–Kier alpha value is -2.00. The number of amides is 3. The molecule has 0 atom stereocenters. The van der Waals surface area contributed by atoms with Gasteiger partial charge in [0.2, 0.25) is 0 Å². The third kappa shape index (κ3) is 3.99. The minimum absolute atomic E-state index is 0.360. The number of hydrogen-bond donors (Lipinski definition) is 3. The molecule has 0 aliphatic rings. The largest absolute Gasteiger partial charge is 0.338 e. The van der Waals surface area contributed by atoms with Gasteiger partial charge in [-0.25, -0.2) is 19.0 Å². The molecule has 3 amide bonds. The normalized spacial score (nSPS) is 10.0. The highest BCUT2D eigenvalue weighted by Gasteiger charge is 2.13. The van der Waals surface area contributed by atoms with E-state index < -0.39 is 29.3 Å². The highest BCUT2D eigenvalue weighted by molar-refractivity contribution is 9.11. The van der Waals surface area contributed by atoms with Crippen LogP contribution in [0.4, 0.5) is 19.3 Å². The molecule has 2 rings (SSSR count). The lowest BCUT2D eigenvalue weighted by molar-refractivity contribution is 0.0942. The van der Waals surface area contributed by atoms with E-state index in [1.54, 1.807) is 12.1 Å². The number of rotatable bonds is 2. The molecule has 1 heterocycles. The van der Waals surface area contributed by atoms with Crippen LogP contribution in [0.2, 0.25) is 0 Å². The Balaban J connectivity index is 1.92. The van der Waals surface area contributed by atoms with Crippen molar-refractivity contribution in [3.05, 3.63) is 50.6 Å². The molecule has 0 spiro atoms. The van der Waals surface area contributed by atoms with Gasteiger partial charge in [-0.1, -0.05) is 6.07 Å². The summed E-state index contributed by atoms with van der Waals surface area (Å²) in [7, 11) is 0. The van der Waals surface area contributed by atoms with E-state index in [4.69, 9.17) is 0 Å². The number of hydrogen-bond acceptors (Lipinski definition) is 3. The lowest BCUT2D eigenvalue weighted by Gasteiger charge is -2.09. The van der Waals surface area contributed by atoms with E-state index in [1.165, 1.54) is 17.4 Å². The minimum atomic E-state index is -0.969. The molecule has 2 aromatic rings. The van der Waals surface area contributed by atoms with Gasteiger partial charge in [-0.3, -0.25) is 10.2 Å². The van der Waals surface area contributed by atoms with Gasteiger partial charge in [0.25, 0.3) is 5.91 Å². The maximum absolute atomic E-state index is 13.3. The molecule has 9 heteroatoms. The summed E-state index contributed by atoms with van der Waals surface area (Å²) in [5.41, 5.74) is 3.52. The number of nitrogens with one attached hydrogen (secondary N) is 3. The summed E-state index contributed by atoms with van der Waals surface area (Å²) < 4.78 is 27.4. The van der Waals surface area contributed by atoms with Crippen molar-refractivity contribution in [2.75, 3.05) is 5.32 Å². The minimum Gasteiger partial charge on any atom is -0.301 e. The second kappa shape index (κ2) is 6.64. The first-order chi connectivity index (χ1) is 9.97.